The zero-order valence-corrected chi connectivity index (χ0v) is 14.4. The molecule has 1 aromatic rings. The van der Waals surface area contributed by atoms with Gasteiger partial charge in [0.05, 0.1) is 12.7 Å². The Labute approximate surface area is 139 Å². The predicted molar refractivity (Wildman–Crippen MR) is 91.5 cm³/mol. The van der Waals surface area contributed by atoms with Crippen LogP contribution in [0.2, 0.25) is 0 Å². The minimum absolute atomic E-state index is 0.0698. The van der Waals surface area contributed by atoms with Gasteiger partial charge in [0, 0.05) is 12.5 Å². The number of hydrogen-bond acceptors (Lipinski definition) is 2. The summed E-state index contributed by atoms with van der Waals surface area (Å²) in [4.78, 5) is 12.3. The smallest absolute Gasteiger partial charge is 0.166 e. The molecule has 0 spiro atoms. The molecule has 0 radical (unpaired) electrons. The Bertz CT molecular complexity index is 504. The third-order valence-electron chi connectivity index (χ3n) is 5.13. The Balaban J connectivity index is 1.81. The van der Waals surface area contributed by atoms with Crippen molar-refractivity contribution in [3.8, 4) is 5.75 Å². The second-order valence-corrected chi connectivity index (χ2v) is 6.86. The van der Waals surface area contributed by atoms with E-state index in [9.17, 15) is 9.18 Å². The first-order chi connectivity index (χ1) is 11.1. The van der Waals surface area contributed by atoms with Crippen LogP contribution in [-0.4, -0.2) is 12.9 Å². The Hall–Kier alpha value is -1.38. The molecule has 0 amide bonds. The van der Waals surface area contributed by atoms with Gasteiger partial charge in [-0.3, -0.25) is 4.79 Å². The second kappa shape index (κ2) is 9.05. The number of halogens is 1. The zero-order valence-electron chi connectivity index (χ0n) is 14.4. The highest BCUT2D eigenvalue weighted by Crippen LogP contribution is 2.34. The minimum atomic E-state index is -0.470. The third kappa shape index (κ3) is 5.33. The van der Waals surface area contributed by atoms with Gasteiger partial charge in [-0.05, 0) is 36.8 Å². The van der Waals surface area contributed by atoms with Crippen LogP contribution >= 0.6 is 0 Å². The highest BCUT2D eigenvalue weighted by Gasteiger charge is 2.24. The number of methoxy groups -OCH3 is 1. The number of ketones is 1. The quantitative estimate of drug-likeness (QED) is 0.447. The van der Waals surface area contributed by atoms with Gasteiger partial charge in [0.2, 0.25) is 0 Å². The molecule has 0 atom stereocenters. The van der Waals surface area contributed by atoms with Gasteiger partial charge in [0.25, 0.3) is 0 Å². The average Bonchev–Trinajstić information content (AvgIpc) is 2.56. The monoisotopic (exact) mass is 320 g/mol. The molecule has 0 aliphatic heterocycles. The lowest BCUT2D eigenvalue weighted by molar-refractivity contribution is 0.0937. The van der Waals surface area contributed by atoms with Gasteiger partial charge in [0.15, 0.2) is 5.78 Å². The first-order valence-electron chi connectivity index (χ1n) is 9.00. The van der Waals surface area contributed by atoms with Crippen molar-refractivity contribution in [2.75, 3.05) is 7.11 Å². The summed E-state index contributed by atoms with van der Waals surface area (Å²) in [6.07, 6.45) is 10.4. The van der Waals surface area contributed by atoms with E-state index in [-0.39, 0.29) is 11.3 Å². The topological polar surface area (TPSA) is 26.3 Å². The molecule has 0 unspecified atom stereocenters. The fourth-order valence-corrected chi connectivity index (χ4v) is 3.63. The minimum Gasteiger partial charge on any atom is -0.497 e. The van der Waals surface area contributed by atoms with Crippen LogP contribution in [0.25, 0.3) is 0 Å². The standard InChI is InChI=1S/C20H29FO2/c1-3-4-5-6-15-7-9-16(10-8-15)13-20(22)18-12-11-17(23-2)14-19(18)21/h11-12,14-16H,3-10,13H2,1-2H3/t15-,16-. The number of carbonyl (C=O) groups excluding carboxylic acids is 1. The van der Waals surface area contributed by atoms with Crippen molar-refractivity contribution in [2.45, 2.75) is 64.7 Å². The maximum absolute atomic E-state index is 14.0. The van der Waals surface area contributed by atoms with Crippen molar-refractivity contribution in [1.29, 1.82) is 0 Å². The first-order valence-corrected chi connectivity index (χ1v) is 9.00. The molecule has 1 aromatic carbocycles. The van der Waals surface area contributed by atoms with Gasteiger partial charge in [-0.15, -0.1) is 0 Å². The summed E-state index contributed by atoms with van der Waals surface area (Å²) in [5.41, 5.74) is 0.205. The average molecular weight is 320 g/mol. The van der Waals surface area contributed by atoms with Crippen LogP contribution in [0.5, 0.6) is 5.75 Å². The van der Waals surface area contributed by atoms with Crippen molar-refractivity contribution >= 4 is 5.78 Å². The van der Waals surface area contributed by atoms with Crippen LogP contribution < -0.4 is 4.74 Å². The third-order valence-corrected chi connectivity index (χ3v) is 5.13. The van der Waals surface area contributed by atoms with E-state index in [1.54, 1.807) is 12.1 Å². The van der Waals surface area contributed by atoms with Gasteiger partial charge >= 0.3 is 0 Å². The number of rotatable bonds is 8. The number of unbranched alkanes of at least 4 members (excludes halogenated alkanes) is 2. The molecule has 0 bridgehead atoms. The van der Waals surface area contributed by atoms with E-state index in [1.807, 2.05) is 0 Å². The zero-order chi connectivity index (χ0) is 16.7. The summed E-state index contributed by atoms with van der Waals surface area (Å²) >= 11 is 0. The Morgan fingerprint density at radius 1 is 1.17 bits per heavy atom. The molecule has 2 nitrogen and oxygen atoms in total. The summed E-state index contributed by atoms with van der Waals surface area (Å²) in [7, 11) is 1.50. The molecule has 1 saturated carbocycles. The van der Waals surface area contributed by atoms with Crippen molar-refractivity contribution in [2.24, 2.45) is 11.8 Å². The number of carbonyl (C=O) groups is 1. The SMILES string of the molecule is CCCCC[C@H]1CC[C@H](CC(=O)c2ccc(OC)cc2F)CC1. The fourth-order valence-electron chi connectivity index (χ4n) is 3.63. The molecule has 3 heteroatoms. The van der Waals surface area contributed by atoms with Crippen LogP contribution in [0, 0.1) is 17.7 Å². The van der Waals surface area contributed by atoms with Crippen LogP contribution in [0.1, 0.15) is 75.1 Å². The summed E-state index contributed by atoms with van der Waals surface area (Å²) in [6, 6.07) is 4.49. The van der Waals surface area contributed by atoms with E-state index in [2.05, 4.69) is 6.92 Å². The summed E-state index contributed by atoms with van der Waals surface area (Å²) in [5, 5.41) is 0. The lowest BCUT2D eigenvalue weighted by Gasteiger charge is -2.28. The molecular weight excluding hydrogens is 291 g/mol. The van der Waals surface area contributed by atoms with Crippen molar-refractivity contribution < 1.29 is 13.9 Å². The lowest BCUT2D eigenvalue weighted by atomic mass is 9.77. The second-order valence-electron chi connectivity index (χ2n) is 6.86. The van der Waals surface area contributed by atoms with Crippen LogP contribution in [0.3, 0.4) is 0 Å². The molecule has 0 heterocycles. The number of Topliss-reactive ketones (excluding diaryl/α,β-unsaturated/α-hetero) is 1. The first kappa shape index (κ1) is 18.0. The predicted octanol–water partition coefficient (Wildman–Crippen LogP) is 5.79. The van der Waals surface area contributed by atoms with Crippen LogP contribution in [-0.2, 0) is 0 Å². The van der Waals surface area contributed by atoms with Crippen LogP contribution in [0.4, 0.5) is 4.39 Å². The number of hydrogen-bond donors (Lipinski definition) is 0. The summed E-state index contributed by atoms with van der Waals surface area (Å²) < 4.78 is 19.0. The van der Waals surface area contributed by atoms with E-state index in [0.717, 1.165) is 18.8 Å². The molecule has 1 fully saturated rings. The van der Waals surface area contributed by atoms with E-state index < -0.39 is 5.82 Å². The Kier molecular flexibility index (Phi) is 7.07. The normalized spacial score (nSPS) is 21.2. The van der Waals surface area contributed by atoms with Gasteiger partial charge < -0.3 is 4.74 Å². The summed E-state index contributed by atoms with van der Waals surface area (Å²) in [6.45, 7) is 2.24. The number of benzene rings is 1. The van der Waals surface area contributed by atoms with Gasteiger partial charge in [0.1, 0.15) is 11.6 Å². The van der Waals surface area contributed by atoms with E-state index in [4.69, 9.17) is 4.74 Å². The molecule has 0 saturated heterocycles. The van der Waals surface area contributed by atoms with Gasteiger partial charge in [-0.1, -0.05) is 45.4 Å². The summed E-state index contributed by atoms with van der Waals surface area (Å²) in [5.74, 6) is 1.17. The van der Waals surface area contributed by atoms with E-state index in [0.29, 0.717) is 18.1 Å². The molecule has 2 rings (SSSR count). The van der Waals surface area contributed by atoms with Crippen molar-refractivity contribution in [3.63, 3.8) is 0 Å². The molecule has 0 aromatic heterocycles. The van der Waals surface area contributed by atoms with Crippen LogP contribution in [0.15, 0.2) is 18.2 Å². The van der Waals surface area contributed by atoms with E-state index in [1.165, 1.54) is 51.7 Å². The Morgan fingerprint density at radius 3 is 2.48 bits per heavy atom. The molecule has 1 aliphatic rings. The van der Waals surface area contributed by atoms with Crippen molar-refractivity contribution in [3.05, 3.63) is 29.6 Å². The number of ether oxygens (including phenoxy) is 1. The highest BCUT2D eigenvalue weighted by atomic mass is 19.1. The van der Waals surface area contributed by atoms with E-state index >= 15 is 0 Å². The van der Waals surface area contributed by atoms with Gasteiger partial charge in [-0.2, -0.15) is 0 Å². The maximum Gasteiger partial charge on any atom is 0.166 e. The molecule has 1 aliphatic carbocycles. The molecule has 128 valence electrons. The van der Waals surface area contributed by atoms with Gasteiger partial charge in [-0.25, -0.2) is 4.39 Å². The highest BCUT2D eigenvalue weighted by molar-refractivity contribution is 5.96. The lowest BCUT2D eigenvalue weighted by Crippen LogP contribution is -2.18. The Morgan fingerprint density at radius 2 is 1.87 bits per heavy atom. The van der Waals surface area contributed by atoms with Crippen molar-refractivity contribution in [1.82, 2.24) is 0 Å². The molecule has 0 N–H and O–H groups in total. The maximum atomic E-state index is 14.0. The largest absolute Gasteiger partial charge is 0.497 e. The fraction of sp³-hybridized carbons (Fsp3) is 0.650. The molecule has 23 heavy (non-hydrogen) atoms. The molecular formula is C20H29FO2.